The van der Waals surface area contributed by atoms with E-state index in [1.807, 2.05) is 54.6 Å². The molecular formula is C23H17F3N4S. The zero-order valence-corrected chi connectivity index (χ0v) is 16.9. The first-order valence-corrected chi connectivity index (χ1v) is 9.77. The summed E-state index contributed by atoms with van der Waals surface area (Å²) < 4.78 is 39.5. The Hall–Kier alpha value is -3.65. The van der Waals surface area contributed by atoms with Crippen LogP contribution >= 0.6 is 12.2 Å². The van der Waals surface area contributed by atoms with Crippen molar-refractivity contribution in [1.82, 2.24) is 10.4 Å². The number of alkyl halides is 3. The lowest BCUT2D eigenvalue weighted by Gasteiger charge is -2.14. The van der Waals surface area contributed by atoms with Gasteiger partial charge in [-0.05, 0) is 36.0 Å². The molecule has 0 amide bonds. The minimum atomic E-state index is -4.49. The third kappa shape index (κ3) is 4.59. The highest BCUT2D eigenvalue weighted by Crippen LogP contribution is 2.34. The van der Waals surface area contributed by atoms with E-state index in [4.69, 9.17) is 12.2 Å². The molecule has 0 spiro atoms. The van der Waals surface area contributed by atoms with Gasteiger partial charge in [0.15, 0.2) is 5.11 Å². The molecule has 3 N–H and O–H groups in total. The molecule has 0 saturated heterocycles. The number of para-hydroxylation sites is 2. The van der Waals surface area contributed by atoms with E-state index in [1.54, 1.807) is 6.21 Å². The van der Waals surface area contributed by atoms with Gasteiger partial charge in [0.05, 0.1) is 23.2 Å². The fourth-order valence-corrected chi connectivity index (χ4v) is 3.44. The molecule has 0 aliphatic carbocycles. The molecule has 31 heavy (non-hydrogen) atoms. The summed E-state index contributed by atoms with van der Waals surface area (Å²) in [6, 6.07) is 22.7. The van der Waals surface area contributed by atoms with Crippen molar-refractivity contribution in [3.8, 4) is 11.3 Å². The summed E-state index contributed by atoms with van der Waals surface area (Å²) in [6.07, 6.45) is -2.89. The predicted octanol–water partition coefficient (Wildman–Crippen LogP) is 6.17. The number of aromatic nitrogens is 1. The Labute approximate surface area is 181 Å². The number of fused-ring (bicyclic) bond motifs is 1. The number of nitrogens with one attached hydrogen (secondary N) is 3. The number of hydrogen-bond acceptors (Lipinski definition) is 2. The van der Waals surface area contributed by atoms with Gasteiger partial charge in [-0.3, -0.25) is 5.43 Å². The molecule has 0 atom stereocenters. The average molecular weight is 438 g/mol. The number of rotatable bonds is 4. The molecule has 4 rings (SSSR count). The normalized spacial score (nSPS) is 11.7. The third-order valence-electron chi connectivity index (χ3n) is 4.65. The topological polar surface area (TPSA) is 52.2 Å². The number of hydrazone groups is 1. The van der Waals surface area contributed by atoms with Gasteiger partial charge in [0.25, 0.3) is 0 Å². The lowest BCUT2D eigenvalue weighted by atomic mass is 10.1. The Bertz CT molecular complexity index is 1250. The Morgan fingerprint density at radius 1 is 0.903 bits per heavy atom. The van der Waals surface area contributed by atoms with E-state index < -0.39 is 11.7 Å². The first kappa shape index (κ1) is 20.6. The predicted molar refractivity (Wildman–Crippen MR) is 122 cm³/mol. The van der Waals surface area contributed by atoms with Crippen LogP contribution in [0.3, 0.4) is 0 Å². The second kappa shape index (κ2) is 8.61. The van der Waals surface area contributed by atoms with Crippen LogP contribution in [0.2, 0.25) is 0 Å². The summed E-state index contributed by atoms with van der Waals surface area (Å²) in [6.45, 7) is 0. The zero-order valence-electron chi connectivity index (χ0n) is 16.1. The zero-order chi connectivity index (χ0) is 21.8. The highest BCUT2D eigenvalue weighted by Gasteiger charge is 2.33. The molecule has 1 aromatic heterocycles. The van der Waals surface area contributed by atoms with Gasteiger partial charge in [-0.15, -0.1) is 0 Å². The van der Waals surface area contributed by atoms with E-state index in [2.05, 4.69) is 20.8 Å². The quantitative estimate of drug-likeness (QED) is 0.203. The molecule has 0 radical (unpaired) electrons. The van der Waals surface area contributed by atoms with Crippen molar-refractivity contribution in [2.45, 2.75) is 6.18 Å². The second-order valence-electron chi connectivity index (χ2n) is 6.69. The molecule has 0 aliphatic rings. The number of benzene rings is 3. The molecule has 4 nitrogen and oxygen atoms in total. The van der Waals surface area contributed by atoms with E-state index in [9.17, 15) is 13.2 Å². The van der Waals surface area contributed by atoms with Crippen LogP contribution in [0.15, 0.2) is 84.0 Å². The summed E-state index contributed by atoms with van der Waals surface area (Å²) in [5.74, 6) is 0. The number of hydrogen-bond donors (Lipinski definition) is 3. The summed E-state index contributed by atoms with van der Waals surface area (Å²) in [7, 11) is 0. The second-order valence-corrected chi connectivity index (χ2v) is 7.10. The maximum atomic E-state index is 13.2. The standard InChI is InChI=1S/C23H17F3N4S/c24-23(25,26)18-11-5-7-13-20(18)29-22(31)30-27-14-17-16-10-4-6-12-19(16)28-21(17)15-8-2-1-3-9-15/h1-14,28H,(H2,29,30,31). The van der Waals surface area contributed by atoms with Crippen LogP contribution in [0.4, 0.5) is 18.9 Å². The molecule has 0 bridgehead atoms. The summed E-state index contributed by atoms with van der Waals surface area (Å²) in [4.78, 5) is 3.39. The first-order chi connectivity index (χ1) is 14.9. The molecular weight excluding hydrogens is 421 g/mol. The van der Waals surface area contributed by atoms with E-state index in [0.717, 1.165) is 33.8 Å². The van der Waals surface area contributed by atoms with Gasteiger partial charge in [0.2, 0.25) is 0 Å². The minimum absolute atomic E-state index is 0.0472. The third-order valence-corrected chi connectivity index (χ3v) is 4.84. The van der Waals surface area contributed by atoms with Gasteiger partial charge in [-0.25, -0.2) is 0 Å². The molecule has 4 aromatic rings. The summed E-state index contributed by atoms with van der Waals surface area (Å²) in [5, 5.41) is 7.64. The van der Waals surface area contributed by atoms with Crippen LogP contribution in [0, 0.1) is 0 Å². The molecule has 0 unspecified atom stereocenters. The van der Waals surface area contributed by atoms with Crippen LogP contribution in [-0.4, -0.2) is 16.3 Å². The van der Waals surface area contributed by atoms with Crippen LogP contribution < -0.4 is 10.7 Å². The largest absolute Gasteiger partial charge is 0.418 e. The average Bonchev–Trinajstić information content (AvgIpc) is 3.13. The number of H-pyrrole nitrogens is 1. The monoisotopic (exact) mass is 438 g/mol. The molecule has 1 heterocycles. The Morgan fingerprint density at radius 2 is 1.58 bits per heavy atom. The van der Waals surface area contributed by atoms with Gasteiger partial charge in [0.1, 0.15) is 0 Å². The lowest BCUT2D eigenvalue weighted by Crippen LogP contribution is -2.25. The van der Waals surface area contributed by atoms with Gasteiger partial charge in [-0.1, -0.05) is 60.7 Å². The SMILES string of the molecule is FC(F)(F)c1ccccc1NC(=S)NN=Cc1c(-c2ccccc2)[nH]c2ccccc12. The molecule has 0 saturated carbocycles. The van der Waals surface area contributed by atoms with E-state index in [1.165, 1.54) is 18.2 Å². The van der Waals surface area contributed by atoms with Gasteiger partial charge >= 0.3 is 6.18 Å². The fraction of sp³-hybridized carbons (Fsp3) is 0.0435. The van der Waals surface area contributed by atoms with Gasteiger partial charge in [-0.2, -0.15) is 18.3 Å². The van der Waals surface area contributed by atoms with Crippen molar-refractivity contribution < 1.29 is 13.2 Å². The van der Waals surface area contributed by atoms with Crippen LogP contribution in [0.25, 0.3) is 22.2 Å². The maximum Gasteiger partial charge on any atom is 0.418 e. The van der Waals surface area contributed by atoms with Crippen LogP contribution in [0.5, 0.6) is 0 Å². The van der Waals surface area contributed by atoms with Crippen molar-refractivity contribution in [1.29, 1.82) is 0 Å². The molecule has 0 fully saturated rings. The van der Waals surface area contributed by atoms with Crippen molar-refractivity contribution in [3.05, 3.63) is 90.0 Å². The van der Waals surface area contributed by atoms with Gasteiger partial charge in [0, 0.05) is 16.5 Å². The van der Waals surface area contributed by atoms with E-state index in [-0.39, 0.29) is 10.8 Å². The summed E-state index contributed by atoms with van der Waals surface area (Å²) >= 11 is 5.12. The van der Waals surface area contributed by atoms with E-state index >= 15 is 0 Å². The number of anilines is 1. The molecule has 3 aromatic carbocycles. The number of halogens is 3. The summed E-state index contributed by atoms with van der Waals surface area (Å²) in [5.41, 5.74) is 5.32. The molecule has 0 aliphatic heterocycles. The van der Waals surface area contributed by atoms with Crippen molar-refractivity contribution in [3.63, 3.8) is 0 Å². The van der Waals surface area contributed by atoms with Crippen LogP contribution in [0.1, 0.15) is 11.1 Å². The highest BCUT2D eigenvalue weighted by atomic mass is 32.1. The minimum Gasteiger partial charge on any atom is -0.354 e. The Kier molecular flexibility index (Phi) is 5.73. The molecule has 156 valence electrons. The number of aromatic amines is 1. The van der Waals surface area contributed by atoms with Crippen molar-refractivity contribution >= 4 is 40.1 Å². The lowest BCUT2D eigenvalue weighted by molar-refractivity contribution is -0.136. The maximum absolute atomic E-state index is 13.2. The van der Waals surface area contributed by atoms with Crippen molar-refractivity contribution in [2.75, 3.05) is 5.32 Å². The van der Waals surface area contributed by atoms with E-state index in [0.29, 0.717) is 0 Å². The first-order valence-electron chi connectivity index (χ1n) is 9.36. The smallest absolute Gasteiger partial charge is 0.354 e. The van der Waals surface area contributed by atoms with Gasteiger partial charge < -0.3 is 10.3 Å². The highest BCUT2D eigenvalue weighted by molar-refractivity contribution is 7.80. The van der Waals surface area contributed by atoms with Crippen LogP contribution in [-0.2, 0) is 6.18 Å². The molecule has 8 heteroatoms. The number of nitrogens with zero attached hydrogens (tertiary/aromatic N) is 1. The number of thiocarbonyl (C=S) groups is 1. The fourth-order valence-electron chi connectivity index (χ4n) is 3.28. The van der Waals surface area contributed by atoms with Crippen molar-refractivity contribution in [2.24, 2.45) is 5.10 Å². The Balaban J connectivity index is 1.57. The Morgan fingerprint density at radius 3 is 2.35 bits per heavy atom.